The molecule has 0 saturated heterocycles. The number of hydrogen-bond acceptors (Lipinski definition) is 6. The van der Waals surface area contributed by atoms with Crippen molar-refractivity contribution in [2.45, 2.75) is 51.6 Å². The van der Waals surface area contributed by atoms with E-state index in [4.69, 9.17) is 0 Å². The Bertz CT molecular complexity index is 995. The number of carbonyl (C=O) groups excluding carboxylic acids is 1. The minimum Gasteiger partial charge on any atom is -0.302 e. The molecule has 154 valence electrons. The molecular weight excluding hydrogens is 409 g/mol. The molecule has 1 amide bonds. The van der Waals surface area contributed by atoms with Gasteiger partial charge in [0.1, 0.15) is 5.82 Å². The highest BCUT2D eigenvalue weighted by Crippen LogP contribution is 2.30. The quantitative estimate of drug-likeness (QED) is 0.535. The summed E-state index contributed by atoms with van der Waals surface area (Å²) in [5.74, 6) is 0.274. The number of aromatic nitrogens is 4. The van der Waals surface area contributed by atoms with E-state index in [0.717, 1.165) is 10.6 Å². The van der Waals surface area contributed by atoms with Crippen molar-refractivity contribution in [1.82, 2.24) is 19.7 Å². The Labute approximate surface area is 178 Å². The molecule has 1 N–H and O–H groups in total. The summed E-state index contributed by atoms with van der Waals surface area (Å²) in [6.07, 6.45) is 0. The first kappa shape index (κ1) is 21.4. The summed E-state index contributed by atoms with van der Waals surface area (Å²) < 4.78 is 16.2. The molecule has 3 rings (SSSR count). The maximum Gasteiger partial charge on any atom is 0.239 e. The Morgan fingerprint density at radius 1 is 1.24 bits per heavy atom. The molecule has 6 nitrogen and oxygen atoms in total. The van der Waals surface area contributed by atoms with E-state index < -0.39 is 5.25 Å². The fraction of sp³-hybridized carbons (Fsp3) is 0.400. The molecule has 2 heterocycles. The highest BCUT2D eigenvalue weighted by atomic mass is 32.2. The average molecular weight is 434 g/mol. The summed E-state index contributed by atoms with van der Waals surface area (Å²) in [5.41, 5.74) is 1.31. The van der Waals surface area contributed by atoms with Crippen molar-refractivity contribution in [2.75, 3.05) is 5.32 Å². The highest BCUT2D eigenvalue weighted by molar-refractivity contribution is 8.00. The van der Waals surface area contributed by atoms with Gasteiger partial charge in [0, 0.05) is 11.4 Å². The molecule has 29 heavy (non-hydrogen) atoms. The van der Waals surface area contributed by atoms with Crippen LogP contribution in [0.3, 0.4) is 0 Å². The van der Waals surface area contributed by atoms with Crippen LogP contribution in [0.1, 0.15) is 31.3 Å². The van der Waals surface area contributed by atoms with Crippen molar-refractivity contribution in [3.05, 3.63) is 40.7 Å². The molecule has 0 bridgehead atoms. The first-order valence-electron chi connectivity index (χ1n) is 9.36. The Balaban J connectivity index is 1.82. The summed E-state index contributed by atoms with van der Waals surface area (Å²) in [6, 6.07) is 6.51. The van der Waals surface area contributed by atoms with Crippen molar-refractivity contribution < 1.29 is 9.18 Å². The normalized spacial score (nSPS) is 12.4. The van der Waals surface area contributed by atoms with Crippen LogP contribution in [-0.2, 0) is 11.3 Å². The third kappa shape index (κ3) is 5.02. The van der Waals surface area contributed by atoms with E-state index in [1.807, 2.05) is 25.3 Å². The average Bonchev–Trinajstić information content (AvgIpc) is 3.18. The second kappa shape index (κ2) is 9.04. The number of benzene rings is 1. The number of thioether (sulfide) groups is 1. The Kier molecular flexibility index (Phi) is 6.69. The summed E-state index contributed by atoms with van der Waals surface area (Å²) in [4.78, 5) is 18.0. The molecule has 0 radical (unpaired) electrons. The van der Waals surface area contributed by atoms with Crippen LogP contribution >= 0.6 is 23.1 Å². The fourth-order valence-electron chi connectivity index (χ4n) is 2.69. The summed E-state index contributed by atoms with van der Waals surface area (Å²) in [7, 11) is 0. The van der Waals surface area contributed by atoms with Crippen molar-refractivity contribution in [1.29, 1.82) is 0 Å². The molecule has 2 aromatic heterocycles. The number of hydrogen-bond donors (Lipinski definition) is 1. The molecule has 0 aliphatic carbocycles. The molecule has 0 saturated carbocycles. The summed E-state index contributed by atoms with van der Waals surface area (Å²) in [5, 5.41) is 12.1. The Morgan fingerprint density at radius 3 is 2.59 bits per heavy atom. The predicted octanol–water partition coefficient (Wildman–Crippen LogP) is 4.93. The van der Waals surface area contributed by atoms with E-state index in [2.05, 4.69) is 34.3 Å². The lowest BCUT2D eigenvalue weighted by Crippen LogP contribution is -2.23. The van der Waals surface area contributed by atoms with Gasteiger partial charge in [-0.05, 0) is 38.8 Å². The Morgan fingerprint density at radius 2 is 1.97 bits per heavy atom. The molecule has 0 unspecified atom stereocenters. The number of rotatable bonds is 7. The van der Waals surface area contributed by atoms with Gasteiger partial charge in [-0.3, -0.25) is 4.79 Å². The number of carbonyl (C=O) groups is 1. The van der Waals surface area contributed by atoms with Gasteiger partial charge in [-0.25, -0.2) is 9.37 Å². The lowest BCUT2D eigenvalue weighted by Gasteiger charge is -2.15. The van der Waals surface area contributed by atoms with Gasteiger partial charge in [0.15, 0.2) is 16.1 Å². The number of amides is 1. The zero-order valence-corrected chi connectivity index (χ0v) is 18.7. The second-order valence-electron chi connectivity index (χ2n) is 7.20. The topological polar surface area (TPSA) is 72.7 Å². The number of nitrogens with one attached hydrogen (secondary N) is 1. The van der Waals surface area contributed by atoms with Crippen LogP contribution < -0.4 is 5.32 Å². The van der Waals surface area contributed by atoms with E-state index in [1.54, 1.807) is 18.2 Å². The first-order valence-corrected chi connectivity index (χ1v) is 11.1. The van der Waals surface area contributed by atoms with E-state index >= 15 is 0 Å². The fourth-order valence-corrected chi connectivity index (χ4v) is 4.37. The van der Waals surface area contributed by atoms with Gasteiger partial charge in [-0.1, -0.05) is 37.7 Å². The third-order valence-corrected chi connectivity index (χ3v) is 6.36. The van der Waals surface area contributed by atoms with E-state index in [-0.39, 0.29) is 11.7 Å². The van der Waals surface area contributed by atoms with Crippen LogP contribution in [0.2, 0.25) is 0 Å². The van der Waals surface area contributed by atoms with Crippen molar-refractivity contribution in [2.24, 2.45) is 5.92 Å². The lowest BCUT2D eigenvalue weighted by molar-refractivity contribution is -0.115. The monoisotopic (exact) mass is 433 g/mol. The van der Waals surface area contributed by atoms with Crippen LogP contribution in [0, 0.1) is 25.6 Å². The van der Waals surface area contributed by atoms with Crippen molar-refractivity contribution >= 4 is 34.1 Å². The predicted molar refractivity (Wildman–Crippen MR) is 116 cm³/mol. The van der Waals surface area contributed by atoms with Crippen LogP contribution in [0.4, 0.5) is 9.52 Å². The number of thiazole rings is 1. The summed E-state index contributed by atoms with van der Waals surface area (Å²) >= 11 is 2.76. The van der Waals surface area contributed by atoms with E-state index in [9.17, 15) is 9.18 Å². The highest BCUT2D eigenvalue weighted by Gasteiger charge is 2.23. The molecule has 9 heteroatoms. The second-order valence-corrected chi connectivity index (χ2v) is 9.71. The minimum absolute atomic E-state index is 0.157. The molecule has 3 aromatic rings. The van der Waals surface area contributed by atoms with E-state index in [1.165, 1.54) is 29.2 Å². The zero-order valence-electron chi connectivity index (χ0n) is 17.1. The molecule has 0 fully saturated rings. The number of halogens is 1. The van der Waals surface area contributed by atoms with Gasteiger partial charge in [0.2, 0.25) is 5.91 Å². The maximum absolute atomic E-state index is 14.3. The molecule has 1 atom stereocenters. The minimum atomic E-state index is -0.414. The molecule has 1 aromatic carbocycles. The third-order valence-electron chi connectivity index (χ3n) is 4.29. The molecule has 0 spiro atoms. The maximum atomic E-state index is 14.3. The largest absolute Gasteiger partial charge is 0.302 e. The van der Waals surface area contributed by atoms with Crippen LogP contribution in [0.5, 0.6) is 0 Å². The van der Waals surface area contributed by atoms with Crippen molar-refractivity contribution in [3.63, 3.8) is 0 Å². The van der Waals surface area contributed by atoms with Crippen molar-refractivity contribution in [3.8, 4) is 11.4 Å². The van der Waals surface area contributed by atoms with Gasteiger partial charge < -0.3 is 9.88 Å². The van der Waals surface area contributed by atoms with Gasteiger partial charge in [0.25, 0.3) is 0 Å². The van der Waals surface area contributed by atoms with Crippen LogP contribution in [-0.4, -0.2) is 30.9 Å². The van der Waals surface area contributed by atoms with Gasteiger partial charge >= 0.3 is 0 Å². The van der Waals surface area contributed by atoms with Gasteiger partial charge in [-0.2, -0.15) is 0 Å². The first-order chi connectivity index (χ1) is 13.8. The van der Waals surface area contributed by atoms with Gasteiger partial charge in [0.05, 0.1) is 16.5 Å². The standard InChI is InChI=1S/C20H24FN5OS2/c1-11(2)10-26-17(15-8-6-7-9-16(15)21)24-25-20(26)29-14(5)18(27)23-19-22-12(3)13(4)28-19/h6-9,11,14H,10H2,1-5H3,(H,22,23,27)/t14-/m1/s1. The number of anilines is 1. The van der Waals surface area contributed by atoms with E-state index in [0.29, 0.717) is 34.1 Å². The Hall–Kier alpha value is -2.26. The number of aryl methyl sites for hydroxylation is 2. The van der Waals surface area contributed by atoms with Crippen LogP contribution in [0.25, 0.3) is 11.4 Å². The smallest absolute Gasteiger partial charge is 0.239 e. The number of nitrogens with zero attached hydrogens (tertiary/aromatic N) is 4. The summed E-state index contributed by atoms with van der Waals surface area (Å²) in [6.45, 7) is 10.5. The molecule has 0 aliphatic rings. The van der Waals surface area contributed by atoms with Crippen LogP contribution in [0.15, 0.2) is 29.4 Å². The molecule has 0 aliphatic heterocycles. The molecular formula is C20H24FN5OS2. The zero-order chi connectivity index (χ0) is 21.1. The SMILES string of the molecule is Cc1nc(NC(=O)[C@@H](C)Sc2nnc(-c3ccccc3F)n2CC(C)C)sc1C. The lowest BCUT2D eigenvalue weighted by atomic mass is 10.2. The van der Waals surface area contributed by atoms with Gasteiger partial charge in [-0.15, -0.1) is 21.5 Å².